The van der Waals surface area contributed by atoms with E-state index in [1.165, 1.54) is 41.4 Å². The van der Waals surface area contributed by atoms with E-state index >= 15 is 0 Å². The van der Waals surface area contributed by atoms with Crippen LogP contribution in [0.5, 0.6) is 0 Å². The molecule has 0 saturated heterocycles. The second-order valence-electron chi connectivity index (χ2n) is 6.94. The van der Waals surface area contributed by atoms with Gasteiger partial charge in [0.05, 0.1) is 0 Å². The quantitative estimate of drug-likeness (QED) is 0.800. The van der Waals surface area contributed by atoms with Gasteiger partial charge in [-0.05, 0) is 49.8 Å². The van der Waals surface area contributed by atoms with Crippen LogP contribution in [-0.4, -0.2) is 18.6 Å². The van der Waals surface area contributed by atoms with Gasteiger partial charge in [-0.15, -0.1) is 0 Å². The monoisotopic (exact) mass is 352 g/mol. The summed E-state index contributed by atoms with van der Waals surface area (Å²) >= 11 is 3.74. The summed E-state index contributed by atoms with van der Waals surface area (Å²) in [5, 5.41) is 0. The fourth-order valence-corrected chi connectivity index (χ4v) is 3.83. The summed E-state index contributed by atoms with van der Waals surface area (Å²) < 4.78 is 1.20. The minimum absolute atomic E-state index is 0.203. The third-order valence-corrected chi connectivity index (χ3v) is 4.98. The van der Waals surface area contributed by atoms with Crippen LogP contribution in [0.15, 0.2) is 22.7 Å². The largest absolute Gasteiger partial charge is 0.368 e. The first-order valence-electron chi connectivity index (χ1n) is 8.28. The van der Waals surface area contributed by atoms with Gasteiger partial charge in [0.25, 0.3) is 0 Å². The zero-order chi connectivity index (χ0) is 15.4. The molecule has 118 valence electrons. The number of hydrogen-bond acceptors (Lipinski definition) is 2. The lowest BCUT2D eigenvalue weighted by molar-refractivity contribution is 0.536. The van der Waals surface area contributed by atoms with Crippen molar-refractivity contribution in [3.05, 3.63) is 28.2 Å². The molecule has 3 heteroatoms. The first kappa shape index (κ1) is 16.8. The highest BCUT2D eigenvalue weighted by molar-refractivity contribution is 9.10. The van der Waals surface area contributed by atoms with Gasteiger partial charge in [-0.2, -0.15) is 0 Å². The maximum atomic E-state index is 5.93. The minimum Gasteiger partial charge on any atom is -0.368 e. The second-order valence-corrected chi connectivity index (χ2v) is 7.80. The molecule has 2 rings (SSSR count). The molecule has 0 amide bonds. The summed E-state index contributed by atoms with van der Waals surface area (Å²) in [6.45, 7) is 7.82. The summed E-state index contributed by atoms with van der Waals surface area (Å²) in [5.41, 5.74) is 8.59. The highest BCUT2D eigenvalue weighted by atomic mass is 79.9. The lowest BCUT2D eigenvalue weighted by Gasteiger charge is -2.33. The van der Waals surface area contributed by atoms with Gasteiger partial charge in [0.1, 0.15) is 0 Å². The molecule has 1 fully saturated rings. The summed E-state index contributed by atoms with van der Waals surface area (Å²) in [6, 6.07) is 7.74. The Bertz CT molecular complexity index is 451. The van der Waals surface area contributed by atoms with Gasteiger partial charge in [-0.25, -0.2) is 0 Å². The molecule has 0 bridgehead atoms. The number of hydrogen-bond donors (Lipinski definition) is 1. The number of halogens is 1. The first-order chi connectivity index (χ1) is 9.97. The Morgan fingerprint density at radius 3 is 2.43 bits per heavy atom. The number of anilines is 1. The van der Waals surface area contributed by atoms with E-state index in [1.807, 2.05) is 0 Å². The Morgan fingerprint density at radius 2 is 1.90 bits per heavy atom. The first-order valence-corrected chi connectivity index (χ1v) is 9.07. The molecule has 1 atom stereocenters. The highest BCUT2D eigenvalue weighted by Gasteiger charge is 2.23. The van der Waals surface area contributed by atoms with Crippen LogP contribution in [0.3, 0.4) is 0 Å². The van der Waals surface area contributed by atoms with E-state index in [2.05, 4.69) is 59.8 Å². The van der Waals surface area contributed by atoms with Gasteiger partial charge in [0.15, 0.2) is 0 Å². The highest BCUT2D eigenvalue weighted by Crippen LogP contribution is 2.32. The fourth-order valence-electron chi connectivity index (χ4n) is 3.30. The third kappa shape index (κ3) is 4.72. The molecule has 0 aliphatic heterocycles. The predicted molar refractivity (Wildman–Crippen MR) is 95.9 cm³/mol. The van der Waals surface area contributed by atoms with Gasteiger partial charge in [-0.3, -0.25) is 0 Å². The van der Waals surface area contributed by atoms with Crippen molar-refractivity contribution in [1.29, 1.82) is 0 Å². The van der Waals surface area contributed by atoms with E-state index < -0.39 is 0 Å². The molecule has 0 aromatic heterocycles. The molecule has 1 aromatic rings. The molecule has 1 saturated carbocycles. The summed E-state index contributed by atoms with van der Waals surface area (Å²) in [7, 11) is 0. The van der Waals surface area contributed by atoms with E-state index in [1.54, 1.807) is 0 Å². The molecular weight excluding hydrogens is 324 g/mol. The Balaban J connectivity index is 2.21. The van der Waals surface area contributed by atoms with Gasteiger partial charge < -0.3 is 10.6 Å². The Hall–Kier alpha value is -0.540. The minimum atomic E-state index is 0.203. The average Bonchev–Trinajstić information content (AvgIpc) is 2.91. The van der Waals surface area contributed by atoms with Crippen LogP contribution < -0.4 is 10.6 Å². The molecule has 0 spiro atoms. The lowest BCUT2D eigenvalue weighted by atomic mass is 10.0. The molecular formula is C18H29BrN2. The van der Waals surface area contributed by atoms with E-state index in [-0.39, 0.29) is 6.04 Å². The van der Waals surface area contributed by atoms with E-state index in [0.29, 0.717) is 5.92 Å². The standard InChI is InChI=1S/C18H29BrN2/c1-13(2)12-21(16-6-4-5-7-16)17-9-8-15(10-14(3)20)18(19)11-17/h8-9,11,13-14,16H,4-7,10,12,20H2,1-3H3. The van der Waals surface area contributed by atoms with Crippen molar-refractivity contribution in [2.24, 2.45) is 11.7 Å². The van der Waals surface area contributed by atoms with Crippen molar-refractivity contribution in [2.45, 2.75) is 65.0 Å². The van der Waals surface area contributed by atoms with E-state index in [4.69, 9.17) is 5.73 Å². The Morgan fingerprint density at radius 1 is 1.24 bits per heavy atom. The van der Waals surface area contributed by atoms with E-state index in [9.17, 15) is 0 Å². The molecule has 1 aliphatic carbocycles. The van der Waals surface area contributed by atoms with Gasteiger partial charge in [0, 0.05) is 28.8 Å². The molecule has 1 aromatic carbocycles. The van der Waals surface area contributed by atoms with Crippen molar-refractivity contribution in [3.63, 3.8) is 0 Å². The van der Waals surface area contributed by atoms with Gasteiger partial charge in [0.2, 0.25) is 0 Å². The van der Waals surface area contributed by atoms with Crippen LogP contribution in [0.4, 0.5) is 5.69 Å². The van der Waals surface area contributed by atoms with Crippen molar-refractivity contribution in [2.75, 3.05) is 11.4 Å². The molecule has 1 unspecified atom stereocenters. The molecule has 2 nitrogen and oxygen atoms in total. The molecule has 21 heavy (non-hydrogen) atoms. The number of rotatable bonds is 6. The zero-order valence-corrected chi connectivity index (χ0v) is 15.2. The Kier molecular flexibility index (Phi) is 6.12. The van der Waals surface area contributed by atoms with Crippen LogP contribution in [0, 0.1) is 5.92 Å². The van der Waals surface area contributed by atoms with Crippen molar-refractivity contribution in [1.82, 2.24) is 0 Å². The van der Waals surface area contributed by atoms with Crippen LogP contribution >= 0.6 is 15.9 Å². The lowest BCUT2D eigenvalue weighted by Crippen LogP contribution is -2.36. The van der Waals surface area contributed by atoms with Crippen molar-refractivity contribution >= 4 is 21.6 Å². The van der Waals surface area contributed by atoms with Crippen molar-refractivity contribution < 1.29 is 0 Å². The molecule has 2 N–H and O–H groups in total. The second kappa shape index (κ2) is 7.64. The van der Waals surface area contributed by atoms with Crippen LogP contribution in [0.1, 0.15) is 52.0 Å². The SMILES string of the molecule is CC(C)CN(c1ccc(CC(C)N)c(Br)c1)C1CCCC1. The maximum Gasteiger partial charge on any atom is 0.0380 e. The average molecular weight is 353 g/mol. The predicted octanol–water partition coefficient (Wildman–Crippen LogP) is 4.74. The van der Waals surface area contributed by atoms with E-state index in [0.717, 1.165) is 19.0 Å². The van der Waals surface area contributed by atoms with Crippen molar-refractivity contribution in [3.8, 4) is 0 Å². The third-order valence-electron chi connectivity index (χ3n) is 4.24. The number of nitrogens with two attached hydrogens (primary N) is 1. The molecule has 0 radical (unpaired) electrons. The zero-order valence-electron chi connectivity index (χ0n) is 13.6. The summed E-state index contributed by atoms with van der Waals surface area (Å²) in [6.07, 6.45) is 6.36. The van der Waals surface area contributed by atoms with Crippen LogP contribution in [0.2, 0.25) is 0 Å². The normalized spacial score (nSPS) is 17.4. The number of benzene rings is 1. The summed E-state index contributed by atoms with van der Waals surface area (Å²) in [5.74, 6) is 0.688. The Labute approximate surface area is 138 Å². The number of nitrogens with zero attached hydrogens (tertiary/aromatic N) is 1. The van der Waals surface area contributed by atoms with Crippen LogP contribution in [-0.2, 0) is 6.42 Å². The van der Waals surface area contributed by atoms with Gasteiger partial charge in [-0.1, -0.05) is 48.7 Å². The smallest absolute Gasteiger partial charge is 0.0380 e. The fraction of sp³-hybridized carbons (Fsp3) is 0.667. The summed E-state index contributed by atoms with van der Waals surface area (Å²) in [4.78, 5) is 2.62. The van der Waals surface area contributed by atoms with Crippen LogP contribution in [0.25, 0.3) is 0 Å². The van der Waals surface area contributed by atoms with Gasteiger partial charge >= 0.3 is 0 Å². The topological polar surface area (TPSA) is 29.3 Å². The molecule has 1 aliphatic rings. The molecule has 0 heterocycles. The maximum absolute atomic E-state index is 5.93.